The highest BCUT2D eigenvalue weighted by Gasteiger charge is 2.09. The molecule has 0 bridgehead atoms. The van der Waals surface area contributed by atoms with Crippen LogP contribution in [0.3, 0.4) is 0 Å². The van der Waals surface area contributed by atoms with Crippen molar-refractivity contribution in [1.82, 2.24) is 19.6 Å². The molecule has 3 rings (SSSR count). The minimum atomic E-state index is -0.346. The number of carbonyl (C=O) groups excluding carboxylic acids is 1. The number of aromatic nitrogens is 4. The van der Waals surface area contributed by atoms with Gasteiger partial charge in [0.1, 0.15) is 6.54 Å². The standard InChI is InChI=1S/C17H17N5O2/c1-12-4-5-14(10-13(12)2)19-16(23)11-22-17(24)7-6-15(20-22)21-9-3-8-18-21/h3-10H,11H2,1-2H3,(H,19,23). The fraction of sp³-hybridized carbons (Fsp3) is 0.176. The third-order valence-electron chi connectivity index (χ3n) is 3.68. The zero-order valence-corrected chi connectivity index (χ0v) is 13.4. The molecule has 0 fully saturated rings. The van der Waals surface area contributed by atoms with E-state index < -0.39 is 0 Å². The maximum Gasteiger partial charge on any atom is 0.267 e. The van der Waals surface area contributed by atoms with E-state index in [-0.39, 0.29) is 18.0 Å². The maximum atomic E-state index is 12.2. The second-order valence-electron chi connectivity index (χ2n) is 5.49. The summed E-state index contributed by atoms with van der Waals surface area (Å²) in [6, 6.07) is 10.3. The predicted octanol–water partition coefficient (Wildman–Crippen LogP) is 1.68. The molecule has 122 valence electrons. The molecule has 2 heterocycles. The van der Waals surface area contributed by atoms with Crippen LogP contribution in [-0.4, -0.2) is 25.5 Å². The van der Waals surface area contributed by atoms with E-state index in [1.54, 1.807) is 24.5 Å². The number of hydrogen-bond acceptors (Lipinski definition) is 4. The van der Waals surface area contributed by atoms with E-state index in [2.05, 4.69) is 15.5 Å². The first-order valence-corrected chi connectivity index (χ1v) is 7.48. The number of rotatable bonds is 4. The van der Waals surface area contributed by atoms with Crippen LogP contribution in [0.2, 0.25) is 0 Å². The van der Waals surface area contributed by atoms with Crippen LogP contribution >= 0.6 is 0 Å². The molecule has 0 atom stereocenters. The first-order chi connectivity index (χ1) is 11.5. The highest BCUT2D eigenvalue weighted by Crippen LogP contribution is 2.14. The second-order valence-corrected chi connectivity index (χ2v) is 5.49. The highest BCUT2D eigenvalue weighted by molar-refractivity contribution is 5.90. The summed E-state index contributed by atoms with van der Waals surface area (Å²) in [5.41, 5.74) is 2.59. The van der Waals surface area contributed by atoms with Gasteiger partial charge in [-0.2, -0.15) is 5.10 Å². The summed E-state index contributed by atoms with van der Waals surface area (Å²) in [5.74, 6) is 0.157. The molecule has 1 amide bonds. The Bertz CT molecular complexity index is 928. The van der Waals surface area contributed by atoms with E-state index in [1.807, 2.05) is 32.0 Å². The van der Waals surface area contributed by atoms with Gasteiger partial charge >= 0.3 is 0 Å². The van der Waals surface area contributed by atoms with Crippen LogP contribution in [0.25, 0.3) is 5.82 Å². The van der Waals surface area contributed by atoms with E-state index in [0.717, 1.165) is 15.8 Å². The Hall–Kier alpha value is -3.22. The molecule has 0 unspecified atom stereocenters. The van der Waals surface area contributed by atoms with E-state index in [9.17, 15) is 9.59 Å². The molecule has 7 heteroatoms. The van der Waals surface area contributed by atoms with Crippen LogP contribution in [0.5, 0.6) is 0 Å². The molecule has 0 aliphatic carbocycles. The predicted molar refractivity (Wildman–Crippen MR) is 90.2 cm³/mol. The van der Waals surface area contributed by atoms with Gasteiger partial charge in [-0.15, -0.1) is 5.10 Å². The number of amides is 1. The van der Waals surface area contributed by atoms with Crippen molar-refractivity contribution in [3.63, 3.8) is 0 Å². The quantitative estimate of drug-likeness (QED) is 0.792. The molecule has 1 aromatic carbocycles. The lowest BCUT2D eigenvalue weighted by atomic mass is 10.1. The van der Waals surface area contributed by atoms with Crippen LogP contribution < -0.4 is 10.9 Å². The topological polar surface area (TPSA) is 81.8 Å². The first kappa shape index (κ1) is 15.7. The van der Waals surface area contributed by atoms with Gasteiger partial charge in [0.25, 0.3) is 5.56 Å². The smallest absolute Gasteiger partial charge is 0.267 e. The van der Waals surface area contributed by atoms with Gasteiger partial charge in [-0.25, -0.2) is 9.36 Å². The number of hydrogen-bond donors (Lipinski definition) is 1. The fourth-order valence-corrected chi connectivity index (χ4v) is 2.23. The number of nitrogens with one attached hydrogen (secondary N) is 1. The lowest BCUT2D eigenvalue weighted by molar-refractivity contribution is -0.117. The summed E-state index contributed by atoms with van der Waals surface area (Å²) < 4.78 is 2.64. The molecule has 0 radical (unpaired) electrons. The van der Waals surface area contributed by atoms with Crippen molar-refractivity contribution < 1.29 is 4.79 Å². The summed E-state index contributed by atoms with van der Waals surface area (Å²) >= 11 is 0. The molecular formula is C17H17N5O2. The van der Waals surface area contributed by atoms with Crippen molar-refractivity contribution in [2.45, 2.75) is 20.4 Å². The second kappa shape index (κ2) is 6.49. The van der Waals surface area contributed by atoms with E-state index in [1.165, 1.54) is 10.7 Å². The van der Waals surface area contributed by atoms with Gasteiger partial charge in [-0.3, -0.25) is 9.59 Å². The van der Waals surface area contributed by atoms with E-state index in [0.29, 0.717) is 11.5 Å². The number of anilines is 1. The number of nitrogens with zero attached hydrogens (tertiary/aromatic N) is 4. The molecule has 24 heavy (non-hydrogen) atoms. The van der Waals surface area contributed by atoms with Crippen molar-refractivity contribution in [2.24, 2.45) is 0 Å². The third kappa shape index (κ3) is 3.40. The molecule has 0 aliphatic rings. The number of carbonyl (C=O) groups is 1. The highest BCUT2D eigenvalue weighted by atomic mass is 16.2. The van der Waals surface area contributed by atoms with Crippen molar-refractivity contribution in [3.8, 4) is 5.82 Å². The molecule has 1 N–H and O–H groups in total. The average Bonchev–Trinajstić information content (AvgIpc) is 3.07. The molecular weight excluding hydrogens is 306 g/mol. The summed E-state index contributed by atoms with van der Waals surface area (Å²) in [5, 5.41) is 11.0. The number of benzene rings is 1. The van der Waals surface area contributed by atoms with Crippen LogP contribution in [0.1, 0.15) is 11.1 Å². The first-order valence-electron chi connectivity index (χ1n) is 7.48. The lowest BCUT2D eigenvalue weighted by Gasteiger charge is -2.09. The summed E-state index contributed by atoms with van der Waals surface area (Å²) in [6.45, 7) is 3.82. The zero-order valence-electron chi connectivity index (χ0n) is 13.4. The van der Waals surface area contributed by atoms with Crippen molar-refractivity contribution >= 4 is 11.6 Å². The monoisotopic (exact) mass is 323 g/mol. The Morgan fingerprint density at radius 1 is 1.17 bits per heavy atom. The molecule has 0 saturated carbocycles. The van der Waals surface area contributed by atoms with Gasteiger partial charge in [0.15, 0.2) is 5.82 Å². The van der Waals surface area contributed by atoms with Crippen LogP contribution in [0, 0.1) is 13.8 Å². The largest absolute Gasteiger partial charge is 0.324 e. The summed E-state index contributed by atoms with van der Waals surface area (Å²) in [6.07, 6.45) is 3.33. The van der Waals surface area contributed by atoms with Gasteiger partial charge < -0.3 is 5.32 Å². The minimum Gasteiger partial charge on any atom is -0.324 e. The fourth-order valence-electron chi connectivity index (χ4n) is 2.23. The Morgan fingerprint density at radius 3 is 2.71 bits per heavy atom. The van der Waals surface area contributed by atoms with Crippen molar-refractivity contribution in [2.75, 3.05) is 5.32 Å². The zero-order chi connectivity index (χ0) is 17.1. The van der Waals surface area contributed by atoms with Crippen LogP contribution in [0.4, 0.5) is 5.69 Å². The summed E-state index contributed by atoms with van der Waals surface area (Å²) in [7, 11) is 0. The Labute approximate surface area is 138 Å². The molecule has 3 aromatic rings. The molecule has 0 saturated heterocycles. The normalized spacial score (nSPS) is 10.6. The third-order valence-corrected chi connectivity index (χ3v) is 3.68. The molecule has 7 nitrogen and oxygen atoms in total. The van der Waals surface area contributed by atoms with Crippen molar-refractivity contribution in [1.29, 1.82) is 0 Å². The molecule has 0 aliphatic heterocycles. The molecule has 2 aromatic heterocycles. The average molecular weight is 323 g/mol. The molecule has 0 spiro atoms. The van der Waals surface area contributed by atoms with Gasteiger partial charge in [0.2, 0.25) is 5.91 Å². The Morgan fingerprint density at radius 2 is 2.00 bits per heavy atom. The SMILES string of the molecule is Cc1ccc(NC(=O)Cn2nc(-n3cccn3)ccc2=O)cc1C. The Balaban J connectivity index is 1.77. The van der Waals surface area contributed by atoms with Gasteiger partial charge in [0, 0.05) is 24.1 Å². The van der Waals surface area contributed by atoms with Gasteiger partial charge in [-0.1, -0.05) is 6.07 Å². The lowest BCUT2D eigenvalue weighted by Crippen LogP contribution is -2.30. The maximum absolute atomic E-state index is 12.2. The van der Waals surface area contributed by atoms with Gasteiger partial charge in [0.05, 0.1) is 0 Å². The van der Waals surface area contributed by atoms with E-state index >= 15 is 0 Å². The van der Waals surface area contributed by atoms with Crippen molar-refractivity contribution in [3.05, 3.63) is 70.3 Å². The van der Waals surface area contributed by atoms with Gasteiger partial charge in [-0.05, 0) is 49.2 Å². The Kier molecular flexibility index (Phi) is 4.24. The minimum absolute atomic E-state index is 0.166. The van der Waals surface area contributed by atoms with Crippen LogP contribution in [-0.2, 0) is 11.3 Å². The van der Waals surface area contributed by atoms with E-state index in [4.69, 9.17) is 0 Å². The summed E-state index contributed by atoms with van der Waals surface area (Å²) in [4.78, 5) is 24.1. The van der Waals surface area contributed by atoms with Crippen LogP contribution in [0.15, 0.2) is 53.6 Å². The number of aryl methyl sites for hydroxylation is 2.